The minimum absolute atomic E-state index is 0.230. The van der Waals surface area contributed by atoms with Crippen LogP contribution in [0.2, 0.25) is 10.0 Å². The number of amidine groups is 1. The van der Waals surface area contributed by atoms with E-state index in [0.29, 0.717) is 38.2 Å². The number of ether oxygens (including phenoxy) is 1. The molecular formula is C24H15Cl2IN2O4S. The average molecular weight is 625 g/mol. The Hall–Kier alpha value is -2.53. The average Bonchev–Trinajstić information content (AvgIpc) is 3.15. The van der Waals surface area contributed by atoms with Crippen molar-refractivity contribution < 1.29 is 19.4 Å². The smallest absolute Gasteiger partial charge is 0.335 e. The molecule has 1 saturated heterocycles. The maximum Gasteiger partial charge on any atom is 0.335 e. The molecule has 3 aromatic carbocycles. The molecule has 0 bridgehead atoms. The predicted molar refractivity (Wildman–Crippen MR) is 144 cm³/mol. The van der Waals surface area contributed by atoms with Gasteiger partial charge in [-0.1, -0.05) is 47.5 Å². The van der Waals surface area contributed by atoms with Crippen LogP contribution in [0.15, 0.2) is 70.6 Å². The molecule has 0 unspecified atom stereocenters. The van der Waals surface area contributed by atoms with Gasteiger partial charge in [-0.2, -0.15) is 0 Å². The molecule has 0 atom stereocenters. The molecular weight excluding hydrogens is 610 g/mol. The molecule has 0 spiro atoms. The number of carboxylic acids is 1. The molecule has 6 nitrogen and oxygen atoms in total. The predicted octanol–water partition coefficient (Wildman–Crippen LogP) is 6.77. The van der Waals surface area contributed by atoms with E-state index in [2.05, 4.69) is 32.9 Å². The molecule has 3 aromatic rings. The molecule has 2 N–H and O–H groups in total. The van der Waals surface area contributed by atoms with E-state index in [-0.39, 0.29) is 11.5 Å². The van der Waals surface area contributed by atoms with Gasteiger partial charge in [0, 0.05) is 0 Å². The normalized spacial score (nSPS) is 15.6. The van der Waals surface area contributed by atoms with Crippen molar-refractivity contribution in [2.45, 2.75) is 6.61 Å². The van der Waals surface area contributed by atoms with Crippen LogP contribution in [-0.4, -0.2) is 22.2 Å². The van der Waals surface area contributed by atoms with E-state index < -0.39 is 5.97 Å². The fourth-order valence-corrected chi connectivity index (χ4v) is 4.82. The lowest BCUT2D eigenvalue weighted by Crippen LogP contribution is -2.19. The second kappa shape index (κ2) is 10.8. The van der Waals surface area contributed by atoms with Crippen molar-refractivity contribution >= 4 is 86.4 Å². The number of amides is 1. The number of rotatable bonds is 6. The minimum atomic E-state index is -0.965. The molecule has 4 rings (SSSR count). The highest BCUT2D eigenvalue weighted by molar-refractivity contribution is 14.1. The van der Waals surface area contributed by atoms with E-state index in [1.54, 1.807) is 48.5 Å². The topological polar surface area (TPSA) is 88.0 Å². The summed E-state index contributed by atoms with van der Waals surface area (Å²) in [6, 6.07) is 17.3. The summed E-state index contributed by atoms with van der Waals surface area (Å²) in [5.41, 5.74) is 2.40. The van der Waals surface area contributed by atoms with Crippen LogP contribution in [0.4, 0.5) is 5.69 Å². The monoisotopic (exact) mass is 624 g/mol. The van der Waals surface area contributed by atoms with Gasteiger partial charge in [-0.05, 0) is 88.0 Å². The highest BCUT2D eigenvalue weighted by atomic mass is 127. The van der Waals surface area contributed by atoms with Crippen LogP contribution in [0.5, 0.6) is 5.75 Å². The lowest BCUT2D eigenvalue weighted by atomic mass is 10.1. The Morgan fingerprint density at radius 2 is 1.91 bits per heavy atom. The van der Waals surface area contributed by atoms with Gasteiger partial charge in [0.2, 0.25) is 0 Å². The summed E-state index contributed by atoms with van der Waals surface area (Å²) in [4.78, 5) is 28.3. The van der Waals surface area contributed by atoms with Crippen LogP contribution in [-0.2, 0) is 11.4 Å². The quantitative estimate of drug-likeness (QED) is 0.234. The van der Waals surface area contributed by atoms with Crippen molar-refractivity contribution in [1.82, 2.24) is 5.32 Å². The minimum Gasteiger partial charge on any atom is -0.488 e. The van der Waals surface area contributed by atoms with Gasteiger partial charge in [0.25, 0.3) is 5.91 Å². The Labute approximate surface area is 223 Å². The number of hydrogen-bond acceptors (Lipinski definition) is 5. The fourth-order valence-electron chi connectivity index (χ4n) is 2.95. The molecule has 0 radical (unpaired) electrons. The molecule has 1 heterocycles. The molecule has 172 valence electrons. The van der Waals surface area contributed by atoms with Crippen molar-refractivity contribution in [1.29, 1.82) is 0 Å². The third-order valence-corrected chi connectivity index (χ3v) is 7.21. The number of halogens is 3. The maximum atomic E-state index is 12.4. The van der Waals surface area contributed by atoms with Gasteiger partial charge in [0.15, 0.2) is 5.17 Å². The molecule has 0 aromatic heterocycles. The Balaban J connectivity index is 1.44. The van der Waals surface area contributed by atoms with E-state index in [4.69, 9.17) is 33.0 Å². The molecule has 1 fully saturated rings. The highest BCUT2D eigenvalue weighted by Gasteiger charge is 2.24. The molecule has 1 aliphatic heterocycles. The van der Waals surface area contributed by atoms with Crippen LogP contribution < -0.4 is 10.1 Å². The Morgan fingerprint density at radius 3 is 2.62 bits per heavy atom. The van der Waals surface area contributed by atoms with Gasteiger partial charge < -0.3 is 15.2 Å². The number of aromatic carboxylic acids is 1. The number of carbonyl (C=O) groups is 2. The van der Waals surface area contributed by atoms with Gasteiger partial charge in [-0.3, -0.25) is 4.79 Å². The first kappa shape index (κ1) is 24.6. The Morgan fingerprint density at radius 1 is 1.15 bits per heavy atom. The number of aliphatic imine (C=N–C) groups is 1. The van der Waals surface area contributed by atoms with E-state index in [1.807, 2.05) is 18.2 Å². The summed E-state index contributed by atoms with van der Waals surface area (Å²) in [5.74, 6) is -0.527. The molecule has 0 aliphatic carbocycles. The first-order chi connectivity index (χ1) is 16.3. The third kappa shape index (κ3) is 5.93. The summed E-state index contributed by atoms with van der Waals surface area (Å²) < 4.78 is 6.74. The molecule has 10 heteroatoms. The lowest BCUT2D eigenvalue weighted by Gasteiger charge is -2.09. The van der Waals surface area contributed by atoms with E-state index in [0.717, 1.165) is 14.7 Å². The number of nitrogens with one attached hydrogen (secondary N) is 1. The fraction of sp³-hybridized carbons (Fsp3) is 0.0417. The number of carboxylic acid groups (broad SMARTS) is 1. The second-order valence-electron chi connectivity index (χ2n) is 7.04. The molecule has 34 heavy (non-hydrogen) atoms. The third-order valence-electron chi connectivity index (χ3n) is 4.65. The van der Waals surface area contributed by atoms with Crippen LogP contribution in [0.3, 0.4) is 0 Å². The largest absolute Gasteiger partial charge is 0.488 e. The Bertz CT molecular complexity index is 1340. The van der Waals surface area contributed by atoms with Gasteiger partial charge in [0.1, 0.15) is 12.4 Å². The first-order valence-corrected chi connectivity index (χ1v) is 12.4. The van der Waals surface area contributed by atoms with Crippen LogP contribution in [0.1, 0.15) is 21.5 Å². The van der Waals surface area contributed by atoms with E-state index in [9.17, 15) is 9.59 Å². The number of hydrogen-bond donors (Lipinski definition) is 2. The van der Waals surface area contributed by atoms with Crippen LogP contribution in [0, 0.1) is 3.57 Å². The van der Waals surface area contributed by atoms with Gasteiger partial charge in [0.05, 0.1) is 29.8 Å². The zero-order valence-corrected chi connectivity index (χ0v) is 21.7. The Kier molecular flexibility index (Phi) is 7.82. The summed E-state index contributed by atoms with van der Waals surface area (Å²) in [6.45, 7) is 0.306. The number of benzene rings is 3. The van der Waals surface area contributed by atoms with Crippen LogP contribution in [0.25, 0.3) is 6.08 Å². The van der Waals surface area contributed by atoms with Gasteiger partial charge >= 0.3 is 5.97 Å². The van der Waals surface area contributed by atoms with Crippen molar-refractivity contribution in [3.63, 3.8) is 0 Å². The highest BCUT2D eigenvalue weighted by Crippen LogP contribution is 2.35. The zero-order chi connectivity index (χ0) is 24.2. The van der Waals surface area contributed by atoms with Crippen LogP contribution >= 0.6 is 57.6 Å². The van der Waals surface area contributed by atoms with E-state index in [1.165, 1.54) is 11.8 Å². The lowest BCUT2D eigenvalue weighted by molar-refractivity contribution is -0.115. The summed E-state index contributed by atoms with van der Waals surface area (Å²) in [6.07, 6.45) is 1.78. The SMILES string of the molecule is O=C1NC(=Nc2cccc(Cl)c2Cl)S/C1=C\c1ccc(OCc2ccc(C(=O)O)cc2)c(I)c1. The molecule has 1 aliphatic rings. The van der Waals surface area contributed by atoms with E-state index >= 15 is 0 Å². The maximum absolute atomic E-state index is 12.4. The van der Waals surface area contributed by atoms with Crippen molar-refractivity contribution in [3.8, 4) is 5.75 Å². The second-order valence-corrected chi connectivity index (χ2v) is 10.0. The first-order valence-electron chi connectivity index (χ1n) is 9.78. The summed E-state index contributed by atoms with van der Waals surface area (Å²) >= 11 is 15.6. The zero-order valence-electron chi connectivity index (χ0n) is 17.2. The standard InChI is InChI=1S/C24H15Cl2IN2O4S/c25-16-2-1-3-18(21(16)26)28-24-29-22(30)20(34-24)11-14-6-9-19(17(27)10-14)33-12-13-4-7-15(8-5-13)23(31)32/h1-11H,12H2,(H,31,32)(H,28,29,30)/b20-11-. The van der Waals surface area contributed by atoms with Crippen molar-refractivity contribution in [3.05, 3.63) is 95.9 Å². The van der Waals surface area contributed by atoms with Crippen molar-refractivity contribution in [2.75, 3.05) is 0 Å². The molecule has 0 saturated carbocycles. The number of carbonyl (C=O) groups excluding carboxylic acids is 1. The molecule has 1 amide bonds. The van der Waals surface area contributed by atoms with Crippen molar-refractivity contribution in [2.24, 2.45) is 4.99 Å². The van der Waals surface area contributed by atoms with Gasteiger partial charge in [-0.15, -0.1) is 0 Å². The number of nitrogens with zero attached hydrogens (tertiary/aromatic N) is 1. The summed E-state index contributed by atoms with van der Waals surface area (Å²) in [7, 11) is 0. The summed E-state index contributed by atoms with van der Waals surface area (Å²) in [5, 5.41) is 12.9. The van der Waals surface area contributed by atoms with Gasteiger partial charge in [-0.25, -0.2) is 9.79 Å². The number of thioether (sulfide) groups is 1.